The van der Waals surface area contributed by atoms with Crippen molar-refractivity contribution in [2.75, 3.05) is 13.2 Å². The van der Waals surface area contributed by atoms with E-state index in [4.69, 9.17) is 4.74 Å². The molecule has 0 aliphatic heterocycles. The van der Waals surface area contributed by atoms with Crippen molar-refractivity contribution in [1.29, 1.82) is 0 Å². The van der Waals surface area contributed by atoms with Crippen molar-refractivity contribution in [2.45, 2.75) is 40.0 Å². The second kappa shape index (κ2) is 11.1. The predicted octanol–water partition coefficient (Wildman–Crippen LogP) is 3.23. The van der Waals surface area contributed by atoms with Gasteiger partial charge in [0.1, 0.15) is 17.0 Å². The summed E-state index contributed by atoms with van der Waals surface area (Å²) in [6.45, 7) is 4.82. The number of esters is 1. The largest absolute Gasteiger partial charge is 0.462 e. The molecule has 29 heavy (non-hydrogen) atoms. The Bertz CT molecular complexity index is 828. The SMILES string of the molecule is CCCCNN/C=C(/C(=O)OCCC)C(=O)c1c(F)c(C)c(F)c(F)c1[N+](=O)[O-]. The number of nitrogens with one attached hydrogen (secondary N) is 2. The van der Waals surface area contributed by atoms with Gasteiger partial charge in [-0.05, 0) is 19.8 Å². The Kier molecular flexibility index (Phi) is 9.26. The van der Waals surface area contributed by atoms with Crippen molar-refractivity contribution >= 4 is 17.4 Å². The van der Waals surface area contributed by atoms with E-state index in [0.29, 0.717) is 13.0 Å². The van der Waals surface area contributed by atoms with Crippen molar-refractivity contribution in [3.63, 3.8) is 0 Å². The highest BCUT2D eigenvalue weighted by Crippen LogP contribution is 2.32. The van der Waals surface area contributed by atoms with Crippen molar-refractivity contribution in [3.05, 3.63) is 50.5 Å². The van der Waals surface area contributed by atoms with Crippen LogP contribution in [0.4, 0.5) is 18.9 Å². The number of unbranched alkanes of at least 4 members (excludes halogenated alkanes) is 1. The molecule has 0 amide bonds. The molecule has 0 fully saturated rings. The number of nitro benzene ring substituents is 1. The second-order valence-corrected chi connectivity index (χ2v) is 6.00. The fourth-order valence-corrected chi connectivity index (χ4v) is 2.23. The minimum absolute atomic E-state index is 0.0753. The van der Waals surface area contributed by atoms with Gasteiger partial charge >= 0.3 is 11.7 Å². The van der Waals surface area contributed by atoms with Crippen LogP contribution in [0.2, 0.25) is 0 Å². The molecule has 0 atom stereocenters. The summed E-state index contributed by atoms with van der Waals surface area (Å²) in [7, 11) is 0. The molecule has 0 aromatic heterocycles. The highest BCUT2D eigenvalue weighted by atomic mass is 19.2. The van der Waals surface area contributed by atoms with Gasteiger partial charge in [-0.25, -0.2) is 19.0 Å². The zero-order valence-corrected chi connectivity index (χ0v) is 16.2. The molecule has 0 bridgehead atoms. The number of halogens is 3. The molecule has 8 nitrogen and oxygen atoms in total. The number of nitro groups is 1. The van der Waals surface area contributed by atoms with E-state index in [0.717, 1.165) is 26.0 Å². The van der Waals surface area contributed by atoms with Gasteiger partial charge in [0.2, 0.25) is 11.6 Å². The Morgan fingerprint density at radius 3 is 2.34 bits per heavy atom. The zero-order valence-electron chi connectivity index (χ0n) is 16.2. The van der Waals surface area contributed by atoms with Gasteiger partial charge in [-0.2, -0.15) is 4.39 Å². The second-order valence-electron chi connectivity index (χ2n) is 6.00. The van der Waals surface area contributed by atoms with E-state index in [1.165, 1.54) is 0 Å². The number of Topliss-reactive ketones (excluding diaryl/α,β-unsaturated/α-hetero) is 1. The summed E-state index contributed by atoms with van der Waals surface area (Å²) in [6.07, 6.45) is 2.87. The lowest BCUT2D eigenvalue weighted by atomic mass is 9.98. The Balaban J connectivity index is 3.47. The van der Waals surface area contributed by atoms with Gasteiger partial charge in [-0.1, -0.05) is 20.3 Å². The molecule has 2 N–H and O–H groups in total. The van der Waals surface area contributed by atoms with E-state index in [1.807, 2.05) is 6.92 Å². The number of ketones is 1. The minimum atomic E-state index is -1.99. The van der Waals surface area contributed by atoms with Crippen LogP contribution in [0.5, 0.6) is 0 Å². The van der Waals surface area contributed by atoms with Crippen LogP contribution >= 0.6 is 0 Å². The standard InChI is InChI=1S/C18H22F3N3O5/c1-4-6-7-22-23-9-11(18(26)29-8-5-2)17(25)12-13(19)10(3)14(20)15(21)16(12)24(27)28/h9,22-23H,4-8H2,1-3H3/b11-9+. The maximum absolute atomic E-state index is 14.5. The maximum atomic E-state index is 14.5. The van der Waals surface area contributed by atoms with Gasteiger partial charge in [-0.15, -0.1) is 0 Å². The zero-order chi connectivity index (χ0) is 22.1. The molecule has 1 aromatic rings. The van der Waals surface area contributed by atoms with Gasteiger partial charge in [0.05, 0.1) is 11.5 Å². The number of rotatable bonds is 11. The van der Waals surface area contributed by atoms with E-state index in [1.54, 1.807) is 6.92 Å². The first-order valence-electron chi connectivity index (χ1n) is 8.90. The number of hydrazine groups is 1. The Labute approximate surface area is 165 Å². The molecule has 0 heterocycles. The molecular weight excluding hydrogens is 395 g/mol. The Morgan fingerprint density at radius 2 is 1.79 bits per heavy atom. The lowest BCUT2D eigenvalue weighted by Gasteiger charge is -2.12. The average Bonchev–Trinajstić information content (AvgIpc) is 2.69. The Hall–Kier alpha value is -2.95. The smallest absolute Gasteiger partial charge is 0.343 e. The number of carbonyl (C=O) groups excluding carboxylic acids is 2. The fourth-order valence-electron chi connectivity index (χ4n) is 2.23. The van der Waals surface area contributed by atoms with E-state index < -0.39 is 56.5 Å². The third kappa shape index (κ3) is 5.76. The summed E-state index contributed by atoms with van der Waals surface area (Å²) < 4.78 is 47.2. The summed E-state index contributed by atoms with van der Waals surface area (Å²) in [5, 5.41) is 11.2. The minimum Gasteiger partial charge on any atom is -0.462 e. The highest BCUT2D eigenvalue weighted by molar-refractivity contribution is 6.25. The molecule has 160 valence electrons. The number of benzene rings is 1. The fraction of sp³-hybridized carbons (Fsp3) is 0.444. The molecule has 11 heteroatoms. The lowest BCUT2D eigenvalue weighted by molar-refractivity contribution is -0.388. The van der Waals surface area contributed by atoms with Crippen LogP contribution in [-0.2, 0) is 9.53 Å². The monoisotopic (exact) mass is 417 g/mol. The summed E-state index contributed by atoms with van der Waals surface area (Å²) >= 11 is 0. The highest BCUT2D eigenvalue weighted by Gasteiger charge is 2.37. The van der Waals surface area contributed by atoms with Gasteiger partial charge in [0, 0.05) is 18.3 Å². The van der Waals surface area contributed by atoms with E-state index in [9.17, 15) is 32.9 Å². The van der Waals surface area contributed by atoms with Crippen molar-refractivity contribution in [2.24, 2.45) is 0 Å². The van der Waals surface area contributed by atoms with Gasteiger partial charge in [0.15, 0.2) is 5.82 Å². The molecular formula is C18H22F3N3O5. The third-order valence-corrected chi connectivity index (χ3v) is 3.80. The molecule has 1 rings (SSSR count). The van der Waals surface area contributed by atoms with Gasteiger partial charge in [-0.3, -0.25) is 14.9 Å². The molecule has 0 aliphatic carbocycles. The molecule has 0 unspecified atom stereocenters. The summed E-state index contributed by atoms with van der Waals surface area (Å²) in [6, 6.07) is 0. The Morgan fingerprint density at radius 1 is 1.14 bits per heavy atom. The summed E-state index contributed by atoms with van der Waals surface area (Å²) in [5.41, 5.74) is 0.328. The molecule has 1 aromatic carbocycles. The average molecular weight is 417 g/mol. The van der Waals surface area contributed by atoms with E-state index >= 15 is 0 Å². The first kappa shape index (κ1) is 24.1. The predicted molar refractivity (Wildman–Crippen MR) is 97.4 cm³/mol. The number of nitrogens with zero attached hydrogens (tertiary/aromatic N) is 1. The topological polar surface area (TPSA) is 111 Å². The summed E-state index contributed by atoms with van der Waals surface area (Å²) in [4.78, 5) is 34.7. The first-order chi connectivity index (χ1) is 13.7. The molecule has 0 spiro atoms. The number of hydrogen-bond acceptors (Lipinski definition) is 7. The van der Waals surface area contributed by atoms with Crippen molar-refractivity contribution < 1.29 is 32.4 Å². The van der Waals surface area contributed by atoms with E-state index in [2.05, 4.69) is 10.9 Å². The van der Waals surface area contributed by atoms with Crippen LogP contribution in [0.3, 0.4) is 0 Å². The van der Waals surface area contributed by atoms with Crippen LogP contribution in [0, 0.1) is 34.5 Å². The van der Waals surface area contributed by atoms with Crippen LogP contribution in [0.15, 0.2) is 11.8 Å². The number of hydrogen-bond donors (Lipinski definition) is 2. The van der Waals surface area contributed by atoms with Crippen molar-refractivity contribution in [3.8, 4) is 0 Å². The first-order valence-corrected chi connectivity index (χ1v) is 8.90. The van der Waals surface area contributed by atoms with Crippen LogP contribution in [0.25, 0.3) is 0 Å². The van der Waals surface area contributed by atoms with Crippen LogP contribution < -0.4 is 10.9 Å². The third-order valence-electron chi connectivity index (χ3n) is 3.80. The quantitative estimate of drug-likeness (QED) is 0.0654. The van der Waals surface area contributed by atoms with E-state index in [-0.39, 0.29) is 6.61 Å². The maximum Gasteiger partial charge on any atom is 0.343 e. The lowest BCUT2D eigenvalue weighted by Crippen LogP contribution is -2.30. The molecule has 0 saturated heterocycles. The van der Waals surface area contributed by atoms with Crippen LogP contribution in [-0.4, -0.2) is 29.8 Å². The normalized spacial score (nSPS) is 11.3. The molecule has 0 saturated carbocycles. The summed E-state index contributed by atoms with van der Waals surface area (Å²) in [5.74, 6) is -8.12. The van der Waals surface area contributed by atoms with Gasteiger partial charge in [0.25, 0.3) is 0 Å². The molecule has 0 radical (unpaired) electrons. The van der Waals surface area contributed by atoms with Crippen molar-refractivity contribution in [1.82, 2.24) is 10.9 Å². The van der Waals surface area contributed by atoms with Gasteiger partial charge < -0.3 is 10.2 Å². The number of ether oxygens (including phenoxy) is 1. The van der Waals surface area contributed by atoms with Crippen LogP contribution in [0.1, 0.15) is 49.0 Å². The molecule has 0 aliphatic rings. The number of carbonyl (C=O) groups is 2.